The van der Waals surface area contributed by atoms with Gasteiger partial charge in [0, 0.05) is 12.8 Å². The molecule has 0 N–H and O–H groups in total. The predicted molar refractivity (Wildman–Crippen MR) is 360 cm³/mol. The summed E-state index contributed by atoms with van der Waals surface area (Å²) in [5.41, 5.74) is 0. The van der Waals surface area contributed by atoms with Gasteiger partial charge >= 0.3 is 11.9 Å². The number of carbonyl (C=O) groups is 2. The zero-order valence-electron chi connectivity index (χ0n) is 54.6. The number of likely N-dealkylation sites (N-methyl/N-ethyl adjacent to an activating group) is 1. The lowest BCUT2D eigenvalue weighted by molar-refractivity contribution is -0.870. The molecular formula is C74H126NO8P. The Hall–Kier alpha value is -3.85. The second kappa shape index (κ2) is 63.6. The lowest BCUT2D eigenvalue weighted by Gasteiger charge is -2.28. The highest BCUT2D eigenvalue weighted by molar-refractivity contribution is 7.45. The van der Waals surface area contributed by atoms with Crippen molar-refractivity contribution >= 4 is 19.8 Å². The average molecular weight is 1190 g/mol. The van der Waals surface area contributed by atoms with E-state index in [0.717, 1.165) is 109 Å². The Morgan fingerprint density at radius 1 is 0.381 bits per heavy atom. The number of ether oxygens (including phenoxy) is 2. The van der Waals surface area contributed by atoms with Crippen molar-refractivity contribution in [2.75, 3.05) is 47.5 Å². The summed E-state index contributed by atoms with van der Waals surface area (Å²) in [4.78, 5) is 38.0. The van der Waals surface area contributed by atoms with Crippen molar-refractivity contribution in [3.05, 3.63) is 134 Å². The van der Waals surface area contributed by atoms with E-state index in [-0.39, 0.29) is 26.1 Å². The standard InChI is InChI=1S/C74H126NO8P/c1-6-8-10-12-14-16-18-20-22-24-26-28-30-32-34-36-37-39-40-42-44-46-48-50-52-54-56-58-60-62-64-66-73(76)80-70-72(71-82-84(78,79)81-69-68-75(3,4)5)83-74(77)67-65-63-61-59-57-55-53-51-49-47-45-43-41-38-35-33-31-29-27-25-23-21-19-17-15-13-11-9-7-2/h9,11,15,17-18,20-21,23-24,26-27,29-30,32-33,35,41,43,47,49,53,55,72H,6-8,10,12-14,16,19,22,25,28,31,34,36-40,42,44-46,48,50-52,54,56-71H2,1-5H3/b11-9-,17-15-,20-18-,23-21-,26-24-,29-27-,32-30-,35-33-,43-41-,49-47-,55-53-. The minimum Gasteiger partial charge on any atom is -0.756 e. The van der Waals surface area contributed by atoms with Gasteiger partial charge < -0.3 is 27.9 Å². The van der Waals surface area contributed by atoms with Crippen LogP contribution in [0.5, 0.6) is 0 Å². The first kappa shape index (κ1) is 80.2. The molecule has 0 amide bonds. The molecule has 0 saturated carbocycles. The Labute approximate surface area is 517 Å². The highest BCUT2D eigenvalue weighted by Gasteiger charge is 2.22. The minimum atomic E-state index is -4.66. The number of hydrogen-bond acceptors (Lipinski definition) is 8. The molecule has 0 aromatic rings. The molecule has 84 heavy (non-hydrogen) atoms. The van der Waals surface area contributed by atoms with Crippen molar-refractivity contribution in [3.63, 3.8) is 0 Å². The van der Waals surface area contributed by atoms with Crippen molar-refractivity contribution < 1.29 is 42.1 Å². The molecule has 0 aromatic carbocycles. The van der Waals surface area contributed by atoms with Crippen LogP contribution in [0.4, 0.5) is 0 Å². The van der Waals surface area contributed by atoms with Crippen molar-refractivity contribution in [2.45, 2.75) is 277 Å². The molecule has 2 unspecified atom stereocenters. The second-order valence-corrected chi connectivity index (χ2v) is 24.9. The van der Waals surface area contributed by atoms with Gasteiger partial charge in [0.25, 0.3) is 7.82 Å². The Kier molecular flexibility index (Phi) is 60.7. The highest BCUT2D eigenvalue weighted by atomic mass is 31.2. The van der Waals surface area contributed by atoms with E-state index in [1.807, 2.05) is 21.1 Å². The molecule has 0 fully saturated rings. The maximum Gasteiger partial charge on any atom is 0.306 e. The van der Waals surface area contributed by atoms with Crippen LogP contribution in [0.25, 0.3) is 0 Å². The van der Waals surface area contributed by atoms with E-state index in [0.29, 0.717) is 17.4 Å². The molecule has 0 bridgehead atoms. The predicted octanol–water partition coefficient (Wildman–Crippen LogP) is 21.4. The SMILES string of the molecule is CC/C=C\C/C=C\C/C=C\C/C=C\C/C=C\C/C=C\C/C=C\C/C=C\CCCCCCC(=O)OC(COC(=O)CCCCCCCCCCCCCCCCCC/C=C\C/C=C\C/C=C\CCCCCCC)COP(=O)([O-])OCC[N+](C)(C)C. The van der Waals surface area contributed by atoms with E-state index in [4.69, 9.17) is 18.5 Å². The summed E-state index contributed by atoms with van der Waals surface area (Å²) in [6, 6.07) is 0. The number of carbonyl (C=O) groups excluding carboxylic acids is 2. The Balaban J connectivity index is 4.16. The van der Waals surface area contributed by atoms with Gasteiger partial charge in [-0.1, -0.05) is 276 Å². The molecule has 0 aliphatic carbocycles. The quantitative estimate of drug-likeness (QED) is 0.0195. The molecule has 0 aromatic heterocycles. The van der Waals surface area contributed by atoms with Gasteiger partial charge in [0.2, 0.25) is 0 Å². The third-order valence-corrected chi connectivity index (χ3v) is 15.1. The van der Waals surface area contributed by atoms with Crippen LogP contribution in [0, 0.1) is 0 Å². The van der Waals surface area contributed by atoms with E-state index >= 15 is 0 Å². The van der Waals surface area contributed by atoms with Crippen molar-refractivity contribution in [2.24, 2.45) is 0 Å². The van der Waals surface area contributed by atoms with Gasteiger partial charge in [0.05, 0.1) is 27.7 Å². The highest BCUT2D eigenvalue weighted by Crippen LogP contribution is 2.38. The number of allylic oxidation sites excluding steroid dienone is 22. The zero-order valence-corrected chi connectivity index (χ0v) is 55.4. The van der Waals surface area contributed by atoms with Crippen molar-refractivity contribution in [3.8, 4) is 0 Å². The van der Waals surface area contributed by atoms with Crippen LogP contribution in [0.1, 0.15) is 271 Å². The van der Waals surface area contributed by atoms with Crippen LogP contribution < -0.4 is 4.89 Å². The molecule has 0 heterocycles. The van der Waals surface area contributed by atoms with Gasteiger partial charge in [-0.05, 0) is 116 Å². The van der Waals surface area contributed by atoms with Crippen LogP contribution in [0.15, 0.2) is 134 Å². The Morgan fingerprint density at radius 3 is 1.01 bits per heavy atom. The number of unbranched alkanes of at least 4 members (excludes halogenated alkanes) is 25. The maximum atomic E-state index is 12.8. The van der Waals surface area contributed by atoms with Gasteiger partial charge in [0.1, 0.15) is 19.8 Å². The number of esters is 2. The summed E-state index contributed by atoms with van der Waals surface area (Å²) in [5.74, 6) is -0.866. The van der Waals surface area contributed by atoms with Gasteiger partial charge in [-0.2, -0.15) is 0 Å². The van der Waals surface area contributed by atoms with E-state index in [2.05, 4.69) is 148 Å². The number of quaternary nitrogens is 1. The lowest BCUT2D eigenvalue weighted by atomic mass is 10.0. The third-order valence-electron chi connectivity index (χ3n) is 14.2. The summed E-state index contributed by atoms with van der Waals surface area (Å²) < 4.78 is 34.2. The van der Waals surface area contributed by atoms with Crippen LogP contribution >= 0.6 is 7.82 Å². The summed E-state index contributed by atoms with van der Waals surface area (Å²) >= 11 is 0. The van der Waals surface area contributed by atoms with Crippen LogP contribution in [-0.2, 0) is 32.7 Å². The van der Waals surface area contributed by atoms with Crippen molar-refractivity contribution in [1.29, 1.82) is 0 Å². The molecule has 0 saturated heterocycles. The lowest BCUT2D eigenvalue weighted by Crippen LogP contribution is -2.37. The van der Waals surface area contributed by atoms with E-state index < -0.39 is 32.5 Å². The third kappa shape index (κ3) is 67.3. The van der Waals surface area contributed by atoms with Gasteiger partial charge in [-0.3, -0.25) is 14.2 Å². The molecule has 480 valence electrons. The van der Waals surface area contributed by atoms with Crippen LogP contribution in [-0.4, -0.2) is 70.0 Å². The van der Waals surface area contributed by atoms with Gasteiger partial charge in [-0.15, -0.1) is 0 Å². The molecule has 0 rings (SSSR count). The van der Waals surface area contributed by atoms with E-state index in [1.54, 1.807) is 0 Å². The number of phosphoric ester groups is 1. The van der Waals surface area contributed by atoms with Crippen LogP contribution in [0.3, 0.4) is 0 Å². The molecule has 0 aliphatic rings. The molecule has 0 spiro atoms. The molecule has 9 nitrogen and oxygen atoms in total. The Bertz CT molecular complexity index is 1880. The van der Waals surface area contributed by atoms with E-state index in [9.17, 15) is 19.0 Å². The fourth-order valence-corrected chi connectivity index (χ4v) is 9.70. The summed E-state index contributed by atoms with van der Waals surface area (Å²) in [6.07, 6.45) is 92.3. The van der Waals surface area contributed by atoms with Gasteiger partial charge in [0.15, 0.2) is 6.10 Å². The summed E-state index contributed by atoms with van der Waals surface area (Å²) in [7, 11) is 1.13. The smallest absolute Gasteiger partial charge is 0.306 e. The fourth-order valence-electron chi connectivity index (χ4n) is 8.97. The van der Waals surface area contributed by atoms with Crippen molar-refractivity contribution in [1.82, 2.24) is 0 Å². The number of hydrogen-bond donors (Lipinski definition) is 0. The number of phosphoric acid groups is 1. The largest absolute Gasteiger partial charge is 0.756 e. The molecule has 2 atom stereocenters. The minimum absolute atomic E-state index is 0.0428. The van der Waals surface area contributed by atoms with Crippen LogP contribution in [0.2, 0.25) is 0 Å². The average Bonchev–Trinajstić information content (AvgIpc) is 3.61. The summed E-state index contributed by atoms with van der Waals surface area (Å²) in [5, 5.41) is 0. The first-order chi connectivity index (χ1) is 41.0. The normalized spacial score (nSPS) is 14.0. The number of nitrogens with zero attached hydrogens (tertiary/aromatic N) is 1. The van der Waals surface area contributed by atoms with Gasteiger partial charge in [-0.25, -0.2) is 0 Å². The van der Waals surface area contributed by atoms with E-state index in [1.165, 1.54) is 128 Å². The topological polar surface area (TPSA) is 111 Å². The first-order valence-electron chi connectivity index (χ1n) is 33.9. The molecular weight excluding hydrogens is 1060 g/mol. The monoisotopic (exact) mass is 1190 g/mol. The molecule has 10 heteroatoms. The Morgan fingerprint density at radius 2 is 0.679 bits per heavy atom. The first-order valence-corrected chi connectivity index (χ1v) is 35.4. The molecule has 0 radical (unpaired) electrons. The zero-order chi connectivity index (χ0) is 61.2. The fraction of sp³-hybridized carbons (Fsp3) is 0.676. The summed E-state index contributed by atoms with van der Waals surface area (Å²) in [6.45, 7) is 4.09. The second-order valence-electron chi connectivity index (χ2n) is 23.5. The number of rotatable bonds is 61. The maximum absolute atomic E-state index is 12.8. The molecule has 0 aliphatic heterocycles.